The maximum atomic E-state index is 11.8. The van der Waals surface area contributed by atoms with Gasteiger partial charge < -0.3 is 9.47 Å². The van der Waals surface area contributed by atoms with Gasteiger partial charge in [-0.3, -0.25) is 8.98 Å². The van der Waals surface area contributed by atoms with E-state index in [-0.39, 0.29) is 18.0 Å². The molecule has 102 valence electrons. The molecule has 6 unspecified atom stereocenters. The second-order valence-corrected chi connectivity index (χ2v) is 6.96. The lowest BCUT2D eigenvalue weighted by Gasteiger charge is -2.23. The molecule has 0 amide bonds. The van der Waals surface area contributed by atoms with Crippen LogP contribution in [0.5, 0.6) is 0 Å². The van der Waals surface area contributed by atoms with Crippen LogP contribution < -0.4 is 0 Å². The van der Waals surface area contributed by atoms with Gasteiger partial charge >= 0.3 is 5.97 Å². The van der Waals surface area contributed by atoms with Gasteiger partial charge in [-0.2, -0.15) is 8.42 Å². The van der Waals surface area contributed by atoms with E-state index in [4.69, 9.17) is 13.7 Å². The molecule has 0 spiro atoms. The minimum absolute atomic E-state index is 0.196. The third-order valence-electron chi connectivity index (χ3n) is 4.06. The highest BCUT2D eigenvalue weighted by molar-refractivity contribution is 7.87. The van der Waals surface area contributed by atoms with E-state index in [9.17, 15) is 13.2 Å². The molecular weight excluding hydrogens is 260 g/mol. The number of rotatable bonds is 3. The number of ether oxygens (including phenoxy) is 2. The molecule has 3 saturated heterocycles. The topological polar surface area (TPSA) is 78.9 Å². The van der Waals surface area contributed by atoms with Crippen molar-refractivity contribution in [3.05, 3.63) is 0 Å². The highest BCUT2D eigenvalue weighted by Gasteiger charge is 2.67. The fourth-order valence-electron chi connectivity index (χ4n) is 2.78. The van der Waals surface area contributed by atoms with Crippen molar-refractivity contribution in [1.29, 1.82) is 0 Å². The highest BCUT2D eigenvalue weighted by atomic mass is 32.2. The van der Waals surface area contributed by atoms with Gasteiger partial charge in [0.2, 0.25) is 0 Å². The molecule has 3 aliphatic heterocycles. The van der Waals surface area contributed by atoms with E-state index < -0.39 is 33.7 Å². The zero-order valence-electron chi connectivity index (χ0n) is 10.2. The monoisotopic (exact) mass is 276 g/mol. The average Bonchev–Trinajstić information content (AvgIpc) is 2.91. The first-order valence-corrected chi connectivity index (χ1v) is 7.69. The van der Waals surface area contributed by atoms with Crippen molar-refractivity contribution in [2.24, 2.45) is 5.92 Å². The van der Waals surface area contributed by atoms with E-state index in [1.165, 1.54) is 0 Å². The number of esters is 1. The summed E-state index contributed by atoms with van der Waals surface area (Å²) in [5.74, 6) is -0.513. The largest absolute Gasteiger partial charge is 0.456 e. The number of fused-ring (bicyclic) bond motifs is 1. The van der Waals surface area contributed by atoms with Crippen molar-refractivity contribution in [2.45, 2.75) is 56.4 Å². The molecule has 18 heavy (non-hydrogen) atoms. The first-order valence-electron chi connectivity index (χ1n) is 6.22. The molecule has 0 radical (unpaired) electrons. The Labute approximate surface area is 106 Å². The summed E-state index contributed by atoms with van der Waals surface area (Å²) in [5, 5.41) is -0.578. The first-order chi connectivity index (χ1) is 8.44. The third-order valence-corrected chi connectivity index (χ3v) is 5.75. The molecule has 0 aromatic rings. The van der Waals surface area contributed by atoms with Gasteiger partial charge in [0.05, 0.1) is 12.0 Å². The van der Waals surface area contributed by atoms with Gasteiger partial charge in [0.25, 0.3) is 10.1 Å². The second kappa shape index (κ2) is 3.91. The molecule has 3 fully saturated rings. The van der Waals surface area contributed by atoms with Crippen LogP contribution in [0.1, 0.15) is 26.7 Å². The molecule has 2 bridgehead atoms. The highest BCUT2D eigenvalue weighted by Crippen LogP contribution is 2.47. The Balaban J connectivity index is 1.76. The number of hydrogen-bond donors (Lipinski definition) is 0. The average molecular weight is 276 g/mol. The van der Waals surface area contributed by atoms with E-state index in [1.807, 2.05) is 6.92 Å². The lowest BCUT2D eigenvalue weighted by Crippen LogP contribution is -2.42. The van der Waals surface area contributed by atoms with Crippen molar-refractivity contribution in [3.63, 3.8) is 0 Å². The van der Waals surface area contributed by atoms with Gasteiger partial charge in [-0.25, -0.2) is 0 Å². The Morgan fingerprint density at radius 1 is 1.44 bits per heavy atom. The normalized spacial score (nSPS) is 45.1. The summed E-state index contributed by atoms with van der Waals surface area (Å²) in [6, 6.07) is 0. The molecule has 0 aromatic heterocycles. The van der Waals surface area contributed by atoms with Crippen LogP contribution in [0.4, 0.5) is 0 Å². The van der Waals surface area contributed by atoms with Crippen molar-refractivity contribution in [1.82, 2.24) is 0 Å². The summed E-state index contributed by atoms with van der Waals surface area (Å²) in [6.45, 7) is 3.68. The summed E-state index contributed by atoms with van der Waals surface area (Å²) in [7, 11) is -3.54. The molecule has 0 aromatic carbocycles. The zero-order chi connectivity index (χ0) is 13.1. The van der Waals surface area contributed by atoms with Crippen LogP contribution in [0.15, 0.2) is 0 Å². The number of carbonyl (C=O) groups excluding carboxylic acids is 1. The molecule has 0 N–H and O–H groups in total. The summed E-state index contributed by atoms with van der Waals surface area (Å²) in [6.07, 6.45) is -0.976. The maximum absolute atomic E-state index is 11.8. The number of carbonyl (C=O) groups is 1. The standard InChI is InChI=1S/C11H16O6S/c1-3-5(2)11(12)16-8-6-4-7-9(15-6)10(8)17-18(7,13)14/h5-10H,3-4H2,1-2H3. The van der Waals surface area contributed by atoms with Crippen LogP contribution in [-0.2, 0) is 28.6 Å². The van der Waals surface area contributed by atoms with E-state index in [0.29, 0.717) is 12.8 Å². The van der Waals surface area contributed by atoms with Gasteiger partial charge in [0.1, 0.15) is 17.5 Å². The molecule has 3 rings (SSSR count). The predicted molar refractivity (Wildman–Crippen MR) is 60.2 cm³/mol. The molecule has 6 atom stereocenters. The second-order valence-electron chi connectivity index (χ2n) is 5.18. The Morgan fingerprint density at radius 2 is 2.17 bits per heavy atom. The van der Waals surface area contributed by atoms with Gasteiger partial charge in [0.15, 0.2) is 6.10 Å². The van der Waals surface area contributed by atoms with Crippen molar-refractivity contribution < 1.29 is 26.9 Å². The fraction of sp³-hybridized carbons (Fsp3) is 0.909. The van der Waals surface area contributed by atoms with Crippen molar-refractivity contribution in [2.75, 3.05) is 0 Å². The Kier molecular flexibility index (Phi) is 2.69. The van der Waals surface area contributed by atoms with Gasteiger partial charge in [-0.1, -0.05) is 13.8 Å². The number of hydrogen-bond acceptors (Lipinski definition) is 6. The van der Waals surface area contributed by atoms with Crippen LogP contribution in [0.2, 0.25) is 0 Å². The summed E-state index contributed by atoms with van der Waals surface area (Å²) in [5.41, 5.74) is 0. The van der Waals surface area contributed by atoms with Crippen LogP contribution >= 0.6 is 0 Å². The smallest absolute Gasteiger partial charge is 0.309 e. The fourth-order valence-corrected chi connectivity index (χ4v) is 4.43. The van der Waals surface area contributed by atoms with Gasteiger partial charge in [-0.15, -0.1) is 0 Å². The zero-order valence-corrected chi connectivity index (χ0v) is 11.1. The Hall–Kier alpha value is -0.660. The van der Waals surface area contributed by atoms with Gasteiger partial charge in [-0.05, 0) is 12.8 Å². The Morgan fingerprint density at radius 3 is 2.83 bits per heavy atom. The molecule has 6 nitrogen and oxygen atoms in total. The van der Waals surface area contributed by atoms with Crippen molar-refractivity contribution >= 4 is 16.1 Å². The molecule has 0 saturated carbocycles. The molecule has 3 heterocycles. The predicted octanol–water partition coefficient (Wildman–Crippen LogP) is 0.213. The molecule has 3 aliphatic rings. The van der Waals surface area contributed by atoms with E-state index in [0.717, 1.165) is 0 Å². The van der Waals surface area contributed by atoms with Crippen LogP contribution in [0.3, 0.4) is 0 Å². The van der Waals surface area contributed by atoms with E-state index in [1.54, 1.807) is 6.92 Å². The third kappa shape index (κ3) is 1.60. The molecular formula is C11H16O6S. The first kappa shape index (κ1) is 12.4. The SMILES string of the molecule is CCC(C)C(=O)OC1C2CC3C(O2)C1OS3(=O)=O. The van der Waals surface area contributed by atoms with Crippen molar-refractivity contribution in [3.8, 4) is 0 Å². The van der Waals surface area contributed by atoms with Gasteiger partial charge in [0, 0.05) is 0 Å². The lowest BCUT2D eigenvalue weighted by molar-refractivity contribution is -0.159. The summed E-state index contributed by atoms with van der Waals surface area (Å²) < 4.78 is 39.2. The molecule has 7 heteroatoms. The van der Waals surface area contributed by atoms with E-state index >= 15 is 0 Å². The molecule has 0 aliphatic carbocycles. The summed E-state index contributed by atoms with van der Waals surface area (Å²) >= 11 is 0. The van der Waals surface area contributed by atoms with Crippen LogP contribution in [0, 0.1) is 5.92 Å². The Bertz CT molecular complexity index is 472. The lowest BCUT2D eigenvalue weighted by atomic mass is 9.94. The summed E-state index contributed by atoms with van der Waals surface area (Å²) in [4.78, 5) is 11.8. The quantitative estimate of drug-likeness (QED) is 0.541. The van der Waals surface area contributed by atoms with Crippen LogP contribution in [0.25, 0.3) is 0 Å². The minimum atomic E-state index is -3.54. The van der Waals surface area contributed by atoms with Crippen LogP contribution in [-0.4, -0.2) is 44.1 Å². The maximum Gasteiger partial charge on any atom is 0.309 e. The van der Waals surface area contributed by atoms with E-state index in [2.05, 4.69) is 0 Å². The minimum Gasteiger partial charge on any atom is -0.456 e.